The average molecular weight is 378 g/mol. The lowest BCUT2D eigenvalue weighted by molar-refractivity contribution is -0.154. The molecule has 7 nitrogen and oxygen atoms in total. The smallest absolute Gasteiger partial charge is 0.251 e. The van der Waals surface area contributed by atoms with Crippen LogP contribution in [-0.4, -0.2) is 51.6 Å². The van der Waals surface area contributed by atoms with Gasteiger partial charge in [-0.15, -0.1) is 0 Å². The predicted molar refractivity (Wildman–Crippen MR) is 102 cm³/mol. The van der Waals surface area contributed by atoms with E-state index in [9.17, 15) is 14.4 Å². The van der Waals surface area contributed by atoms with Gasteiger partial charge < -0.3 is 15.1 Å². The van der Waals surface area contributed by atoms with Crippen molar-refractivity contribution in [1.82, 2.24) is 20.1 Å². The molecule has 0 saturated carbocycles. The number of fused-ring (bicyclic) bond motifs is 1. The van der Waals surface area contributed by atoms with Crippen LogP contribution in [0.25, 0.3) is 0 Å². The highest BCUT2D eigenvalue weighted by molar-refractivity contribution is 5.95. The molecular formula is C21H22N4O3. The summed E-state index contributed by atoms with van der Waals surface area (Å²) in [7, 11) is 0. The number of carbonyl (C=O) groups excluding carboxylic acids is 3. The number of benzene rings is 1. The largest absolute Gasteiger partial charge is 0.348 e. The zero-order valence-corrected chi connectivity index (χ0v) is 15.5. The normalized spacial score (nSPS) is 18.9. The number of hydrogen-bond acceptors (Lipinski definition) is 4. The van der Waals surface area contributed by atoms with Gasteiger partial charge in [-0.3, -0.25) is 19.4 Å². The standard InChI is InChI=1S/C21H22N4O3/c26-19-14-24(21(28)18-4-2-10-25(18)19)13-15-5-7-17(8-6-15)20(27)23-12-16-3-1-9-22-11-16/h1,3,5-9,11,18H,2,4,10,12-14H2,(H,23,27)/t18-/m0/s1. The van der Waals surface area contributed by atoms with E-state index in [2.05, 4.69) is 10.3 Å². The Hall–Kier alpha value is -3.22. The number of carbonyl (C=O) groups is 3. The molecule has 2 fully saturated rings. The lowest BCUT2D eigenvalue weighted by atomic mass is 10.1. The molecule has 28 heavy (non-hydrogen) atoms. The van der Waals surface area contributed by atoms with Crippen LogP contribution in [0, 0.1) is 0 Å². The summed E-state index contributed by atoms with van der Waals surface area (Å²) in [6, 6.07) is 10.6. The molecule has 0 aliphatic carbocycles. The van der Waals surface area contributed by atoms with Gasteiger partial charge in [-0.25, -0.2) is 0 Å². The minimum absolute atomic E-state index is 0.0218. The van der Waals surface area contributed by atoms with E-state index in [1.165, 1.54) is 0 Å². The Balaban J connectivity index is 1.36. The molecule has 0 radical (unpaired) electrons. The minimum atomic E-state index is -0.293. The molecule has 1 N–H and O–H groups in total. The molecular weight excluding hydrogens is 356 g/mol. The molecule has 2 saturated heterocycles. The molecule has 3 heterocycles. The molecule has 2 aromatic rings. The highest BCUT2D eigenvalue weighted by atomic mass is 16.2. The lowest BCUT2D eigenvalue weighted by Crippen LogP contribution is -2.56. The van der Waals surface area contributed by atoms with Crippen LogP contribution < -0.4 is 5.32 Å². The first-order valence-corrected chi connectivity index (χ1v) is 9.46. The maximum Gasteiger partial charge on any atom is 0.251 e. The highest BCUT2D eigenvalue weighted by Crippen LogP contribution is 2.24. The van der Waals surface area contributed by atoms with E-state index >= 15 is 0 Å². The molecule has 0 unspecified atom stereocenters. The summed E-state index contributed by atoms with van der Waals surface area (Å²) < 4.78 is 0. The average Bonchev–Trinajstić information content (AvgIpc) is 3.22. The predicted octanol–water partition coefficient (Wildman–Crippen LogP) is 1.34. The number of nitrogens with zero attached hydrogens (tertiary/aromatic N) is 3. The third-order valence-electron chi connectivity index (χ3n) is 5.26. The fourth-order valence-corrected chi connectivity index (χ4v) is 3.77. The van der Waals surface area contributed by atoms with E-state index in [-0.39, 0.29) is 30.3 Å². The maximum absolute atomic E-state index is 12.6. The van der Waals surface area contributed by atoms with Crippen molar-refractivity contribution in [1.29, 1.82) is 0 Å². The summed E-state index contributed by atoms with van der Waals surface area (Å²) in [6.07, 6.45) is 5.04. The fraction of sp³-hybridized carbons (Fsp3) is 0.333. The van der Waals surface area contributed by atoms with Gasteiger partial charge >= 0.3 is 0 Å². The van der Waals surface area contributed by atoms with Crippen LogP contribution in [0.1, 0.15) is 34.3 Å². The fourth-order valence-electron chi connectivity index (χ4n) is 3.77. The van der Waals surface area contributed by atoms with E-state index in [4.69, 9.17) is 0 Å². The van der Waals surface area contributed by atoms with Crippen LogP contribution in [0.3, 0.4) is 0 Å². The number of rotatable bonds is 5. The molecule has 1 atom stereocenters. The highest BCUT2D eigenvalue weighted by Gasteiger charge is 2.41. The van der Waals surface area contributed by atoms with Crippen molar-refractivity contribution in [2.45, 2.75) is 32.0 Å². The Morgan fingerprint density at radius 2 is 1.96 bits per heavy atom. The van der Waals surface area contributed by atoms with Crippen LogP contribution in [0.15, 0.2) is 48.8 Å². The summed E-state index contributed by atoms with van der Waals surface area (Å²) in [5, 5.41) is 2.86. The molecule has 2 aliphatic heterocycles. The third-order valence-corrected chi connectivity index (χ3v) is 5.26. The van der Waals surface area contributed by atoms with Gasteiger partial charge in [-0.1, -0.05) is 18.2 Å². The molecule has 144 valence electrons. The number of nitrogens with one attached hydrogen (secondary N) is 1. The van der Waals surface area contributed by atoms with E-state index in [0.717, 1.165) is 24.0 Å². The van der Waals surface area contributed by atoms with Crippen LogP contribution in [-0.2, 0) is 22.7 Å². The Morgan fingerprint density at radius 3 is 2.71 bits per heavy atom. The van der Waals surface area contributed by atoms with E-state index in [0.29, 0.717) is 25.2 Å². The first kappa shape index (κ1) is 18.2. The topological polar surface area (TPSA) is 82.6 Å². The summed E-state index contributed by atoms with van der Waals surface area (Å²) in [6.45, 7) is 1.61. The molecule has 1 aromatic carbocycles. The van der Waals surface area contributed by atoms with Gasteiger partial charge in [0.15, 0.2) is 0 Å². The maximum atomic E-state index is 12.6. The Labute approximate surface area is 163 Å². The van der Waals surface area contributed by atoms with Crippen molar-refractivity contribution >= 4 is 17.7 Å². The number of aromatic nitrogens is 1. The third kappa shape index (κ3) is 3.74. The lowest BCUT2D eigenvalue weighted by Gasteiger charge is -2.36. The molecule has 7 heteroatoms. The van der Waals surface area contributed by atoms with Gasteiger partial charge in [0.05, 0.1) is 0 Å². The Bertz CT molecular complexity index is 882. The molecule has 0 bridgehead atoms. The van der Waals surface area contributed by atoms with Crippen LogP contribution in [0.4, 0.5) is 0 Å². The number of hydrogen-bond donors (Lipinski definition) is 1. The van der Waals surface area contributed by atoms with E-state index < -0.39 is 0 Å². The van der Waals surface area contributed by atoms with Crippen molar-refractivity contribution in [2.75, 3.05) is 13.1 Å². The summed E-state index contributed by atoms with van der Waals surface area (Å²) in [4.78, 5) is 44.5. The second-order valence-corrected chi connectivity index (χ2v) is 7.18. The Morgan fingerprint density at radius 1 is 1.14 bits per heavy atom. The molecule has 2 aliphatic rings. The molecule has 1 aromatic heterocycles. The van der Waals surface area contributed by atoms with Gasteiger partial charge in [0.2, 0.25) is 11.8 Å². The van der Waals surface area contributed by atoms with Crippen LogP contribution in [0.5, 0.6) is 0 Å². The second kappa shape index (κ2) is 7.80. The van der Waals surface area contributed by atoms with E-state index in [1.54, 1.807) is 34.3 Å². The SMILES string of the molecule is O=C(NCc1cccnc1)c1ccc(CN2CC(=O)N3CCC[C@H]3C2=O)cc1. The minimum Gasteiger partial charge on any atom is -0.348 e. The number of amides is 3. The second-order valence-electron chi connectivity index (χ2n) is 7.18. The van der Waals surface area contributed by atoms with Gasteiger partial charge in [0, 0.05) is 37.6 Å². The van der Waals surface area contributed by atoms with Crippen LogP contribution in [0.2, 0.25) is 0 Å². The van der Waals surface area contributed by atoms with Crippen molar-refractivity contribution in [2.24, 2.45) is 0 Å². The Kier molecular flexibility index (Phi) is 5.06. The molecule has 4 rings (SSSR count). The van der Waals surface area contributed by atoms with Crippen molar-refractivity contribution in [3.05, 3.63) is 65.5 Å². The monoisotopic (exact) mass is 378 g/mol. The van der Waals surface area contributed by atoms with Gasteiger partial charge in [-0.05, 0) is 42.2 Å². The first-order chi connectivity index (χ1) is 13.6. The van der Waals surface area contributed by atoms with Crippen LogP contribution >= 0.6 is 0 Å². The zero-order chi connectivity index (χ0) is 19.5. The summed E-state index contributed by atoms with van der Waals surface area (Å²) >= 11 is 0. The molecule has 0 spiro atoms. The zero-order valence-electron chi connectivity index (χ0n) is 15.5. The number of piperazine rings is 1. The summed E-state index contributed by atoms with van der Waals surface area (Å²) in [5.74, 6) is -0.120. The van der Waals surface area contributed by atoms with Crippen molar-refractivity contribution < 1.29 is 14.4 Å². The first-order valence-electron chi connectivity index (χ1n) is 9.46. The van der Waals surface area contributed by atoms with Crippen molar-refractivity contribution in [3.63, 3.8) is 0 Å². The van der Waals surface area contributed by atoms with Gasteiger partial charge in [-0.2, -0.15) is 0 Å². The van der Waals surface area contributed by atoms with Gasteiger partial charge in [0.1, 0.15) is 12.6 Å². The van der Waals surface area contributed by atoms with E-state index in [1.807, 2.05) is 24.3 Å². The quantitative estimate of drug-likeness (QED) is 0.851. The van der Waals surface area contributed by atoms with Crippen molar-refractivity contribution in [3.8, 4) is 0 Å². The summed E-state index contributed by atoms with van der Waals surface area (Å²) in [5.41, 5.74) is 2.38. The van der Waals surface area contributed by atoms with Gasteiger partial charge in [0.25, 0.3) is 5.91 Å². The molecule has 3 amide bonds. The number of pyridine rings is 1.